The van der Waals surface area contributed by atoms with Crippen LogP contribution in [0.25, 0.3) is 0 Å². The van der Waals surface area contributed by atoms with Gasteiger partial charge in [0.1, 0.15) is 5.03 Å². The summed E-state index contributed by atoms with van der Waals surface area (Å²) < 4.78 is 0. The number of pyridine rings is 1. The molecule has 0 saturated carbocycles. The maximum absolute atomic E-state index is 11.0. The van der Waals surface area contributed by atoms with Gasteiger partial charge in [-0.25, -0.2) is 4.98 Å². The third kappa shape index (κ3) is 3.96. The van der Waals surface area contributed by atoms with Crippen LogP contribution in [-0.2, 0) is 0 Å². The maximum atomic E-state index is 11.0. The van der Waals surface area contributed by atoms with Gasteiger partial charge < -0.3 is 5.32 Å². The highest BCUT2D eigenvalue weighted by Crippen LogP contribution is 2.31. The molecule has 2 rings (SSSR count). The Morgan fingerprint density at radius 3 is 2.85 bits per heavy atom. The molecule has 0 bridgehead atoms. The lowest BCUT2D eigenvalue weighted by Gasteiger charge is -2.07. The molecule has 0 aliphatic carbocycles. The standard InChI is InChI=1S/C14H15N3O2S/c1-2-6-15-11-8-12(17(18)19)10-13(9-11)20-14-5-3-4-7-16-14/h3-5,7-10,15H,2,6H2,1H3. The largest absolute Gasteiger partial charge is 0.385 e. The number of anilines is 1. The fourth-order valence-electron chi connectivity index (χ4n) is 1.65. The van der Waals surface area contributed by atoms with Crippen LogP contribution in [-0.4, -0.2) is 16.5 Å². The molecule has 0 spiro atoms. The quantitative estimate of drug-likeness (QED) is 0.644. The van der Waals surface area contributed by atoms with Gasteiger partial charge in [0.25, 0.3) is 5.69 Å². The molecule has 0 saturated heterocycles. The summed E-state index contributed by atoms with van der Waals surface area (Å²) in [7, 11) is 0. The van der Waals surface area contributed by atoms with Crippen molar-refractivity contribution < 1.29 is 4.92 Å². The third-order valence-corrected chi connectivity index (χ3v) is 3.46. The van der Waals surface area contributed by atoms with Gasteiger partial charge in [-0.05, 0) is 24.6 Å². The first kappa shape index (κ1) is 14.3. The Labute approximate surface area is 121 Å². The van der Waals surface area contributed by atoms with Crippen molar-refractivity contribution in [3.8, 4) is 0 Å². The van der Waals surface area contributed by atoms with Crippen LogP contribution in [0, 0.1) is 10.1 Å². The fourth-order valence-corrected chi connectivity index (χ4v) is 2.51. The van der Waals surface area contributed by atoms with Crippen LogP contribution in [0.2, 0.25) is 0 Å². The molecule has 0 unspecified atom stereocenters. The minimum atomic E-state index is -0.375. The van der Waals surface area contributed by atoms with E-state index in [0.29, 0.717) is 0 Å². The van der Waals surface area contributed by atoms with Crippen molar-refractivity contribution in [1.29, 1.82) is 0 Å². The average Bonchev–Trinajstić information content (AvgIpc) is 2.46. The lowest BCUT2D eigenvalue weighted by atomic mass is 10.2. The minimum absolute atomic E-state index is 0.0875. The first-order valence-corrected chi connectivity index (χ1v) is 7.13. The summed E-state index contributed by atoms with van der Waals surface area (Å²) in [4.78, 5) is 15.6. The summed E-state index contributed by atoms with van der Waals surface area (Å²) >= 11 is 1.41. The number of rotatable bonds is 6. The van der Waals surface area contributed by atoms with E-state index in [9.17, 15) is 10.1 Å². The van der Waals surface area contributed by atoms with Crippen molar-refractivity contribution in [2.75, 3.05) is 11.9 Å². The molecule has 1 aromatic carbocycles. The van der Waals surface area contributed by atoms with Crippen molar-refractivity contribution in [3.63, 3.8) is 0 Å². The molecule has 0 atom stereocenters. The fraction of sp³-hybridized carbons (Fsp3) is 0.214. The van der Waals surface area contributed by atoms with Crippen LogP contribution in [0.1, 0.15) is 13.3 Å². The van der Waals surface area contributed by atoms with Crippen LogP contribution in [0.4, 0.5) is 11.4 Å². The van der Waals surface area contributed by atoms with Gasteiger partial charge in [-0.2, -0.15) is 0 Å². The number of nitro groups is 1. The second kappa shape index (κ2) is 6.91. The zero-order valence-electron chi connectivity index (χ0n) is 11.1. The van der Waals surface area contributed by atoms with Gasteiger partial charge in [0.2, 0.25) is 0 Å². The topological polar surface area (TPSA) is 68.1 Å². The first-order chi connectivity index (χ1) is 9.69. The molecule has 0 amide bonds. The van der Waals surface area contributed by atoms with E-state index >= 15 is 0 Å². The zero-order valence-corrected chi connectivity index (χ0v) is 11.9. The number of hydrogen-bond donors (Lipinski definition) is 1. The summed E-state index contributed by atoms with van der Waals surface area (Å²) in [5.41, 5.74) is 0.851. The lowest BCUT2D eigenvalue weighted by molar-refractivity contribution is -0.385. The summed E-state index contributed by atoms with van der Waals surface area (Å²) in [5, 5.41) is 15.0. The molecule has 0 aliphatic heterocycles. The molecule has 20 heavy (non-hydrogen) atoms. The van der Waals surface area contributed by atoms with E-state index in [-0.39, 0.29) is 10.6 Å². The van der Waals surface area contributed by atoms with E-state index in [1.165, 1.54) is 11.8 Å². The SMILES string of the molecule is CCCNc1cc(Sc2ccccn2)cc([N+](=O)[O-])c1. The highest BCUT2D eigenvalue weighted by molar-refractivity contribution is 7.99. The Bertz CT molecular complexity index is 590. The van der Waals surface area contributed by atoms with E-state index in [1.807, 2.05) is 31.2 Å². The van der Waals surface area contributed by atoms with Crippen LogP contribution in [0.3, 0.4) is 0 Å². The van der Waals surface area contributed by atoms with Gasteiger partial charge in [0.15, 0.2) is 0 Å². The van der Waals surface area contributed by atoms with E-state index < -0.39 is 0 Å². The maximum Gasteiger partial charge on any atom is 0.272 e. The Hall–Kier alpha value is -2.08. The van der Waals surface area contributed by atoms with Crippen molar-refractivity contribution >= 4 is 23.1 Å². The average molecular weight is 289 g/mol. The number of nitro benzene ring substituents is 1. The zero-order chi connectivity index (χ0) is 14.4. The molecule has 6 heteroatoms. The molecule has 0 aliphatic rings. The Kier molecular flexibility index (Phi) is 4.95. The van der Waals surface area contributed by atoms with Crippen molar-refractivity contribution in [2.45, 2.75) is 23.3 Å². The van der Waals surface area contributed by atoms with Crippen LogP contribution in [0.15, 0.2) is 52.5 Å². The molecule has 1 heterocycles. The molecular weight excluding hydrogens is 274 g/mol. The normalized spacial score (nSPS) is 10.2. The number of non-ortho nitro benzene ring substituents is 1. The summed E-state index contributed by atoms with van der Waals surface area (Å²) in [6.45, 7) is 2.84. The lowest BCUT2D eigenvalue weighted by Crippen LogP contribution is -2.00. The molecule has 0 radical (unpaired) electrons. The monoisotopic (exact) mass is 289 g/mol. The highest BCUT2D eigenvalue weighted by Gasteiger charge is 2.10. The molecular formula is C14H15N3O2S. The van der Waals surface area contributed by atoms with Crippen molar-refractivity contribution in [3.05, 3.63) is 52.7 Å². The molecule has 1 aromatic heterocycles. The third-order valence-electron chi connectivity index (χ3n) is 2.54. The van der Waals surface area contributed by atoms with Gasteiger partial charge >= 0.3 is 0 Å². The van der Waals surface area contributed by atoms with E-state index in [2.05, 4.69) is 10.3 Å². The molecule has 1 N–H and O–H groups in total. The van der Waals surface area contributed by atoms with Crippen LogP contribution in [0.5, 0.6) is 0 Å². The Morgan fingerprint density at radius 1 is 1.35 bits per heavy atom. The number of benzene rings is 1. The van der Waals surface area contributed by atoms with Crippen molar-refractivity contribution in [1.82, 2.24) is 4.98 Å². The molecule has 5 nitrogen and oxygen atoms in total. The van der Waals surface area contributed by atoms with Crippen LogP contribution < -0.4 is 5.32 Å². The highest BCUT2D eigenvalue weighted by atomic mass is 32.2. The Morgan fingerprint density at radius 2 is 2.20 bits per heavy atom. The summed E-state index contributed by atoms with van der Waals surface area (Å²) in [5.74, 6) is 0. The van der Waals surface area contributed by atoms with E-state index in [4.69, 9.17) is 0 Å². The molecule has 2 aromatic rings. The number of aromatic nitrogens is 1. The number of nitrogens with zero attached hydrogens (tertiary/aromatic N) is 2. The second-order valence-electron chi connectivity index (χ2n) is 4.17. The van der Waals surface area contributed by atoms with E-state index in [0.717, 1.165) is 28.6 Å². The molecule has 0 fully saturated rings. The van der Waals surface area contributed by atoms with Gasteiger partial charge in [-0.3, -0.25) is 10.1 Å². The summed E-state index contributed by atoms with van der Waals surface area (Å²) in [6.07, 6.45) is 2.67. The first-order valence-electron chi connectivity index (χ1n) is 6.31. The van der Waals surface area contributed by atoms with E-state index in [1.54, 1.807) is 18.3 Å². The van der Waals surface area contributed by atoms with Crippen molar-refractivity contribution in [2.24, 2.45) is 0 Å². The predicted octanol–water partition coefficient (Wildman–Crippen LogP) is 3.96. The number of hydrogen-bond acceptors (Lipinski definition) is 5. The van der Waals surface area contributed by atoms with Gasteiger partial charge in [-0.1, -0.05) is 24.8 Å². The van der Waals surface area contributed by atoms with Gasteiger partial charge in [0, 0.05) is 35.5 Å². The Balaban J connectivity index is 2.26. The van der Waals surface area contributed by atoms with Gasteiger partial charge in [0.05, 0.1) is 4.92 Å². The second-order valence-corrected chi connectivity index (χ2v) is 5.26. The smallest absolute Gasteiger partial charge is 0.272 e. The summed E-state index contributed by atoms with van der Waals surface area (Å²) in [6, 6.07) is 10.6. The molecule has 104 valence electrons. The minimum Gasteiger partial charge on any atom is -0.385 e. The van der Waals surface area contributed by atoms with Gasteiger partial charge in [-0.15, -0.1) is 0 Å². The number of nitrogens with one attached hydrogen (secondary N) is 1. The van der Waals surface area contributed by atoms with Crippen LogP contribution >= 0.6 is 11.8 Å². The predicted molar refractivity (Wildman–Crippen MR) is 80.2 cm³/mol.